The van der Waals surface area contributed by atoms with Gasteiger partial charge in [-0.1, -0.05) is 22.8 Å². The molecule has 0 aliphatic rings. The molecule has 0 bridgehead atoms. The lowest BCUT2D eigenvalue weighted by Gasteiger charge is -2.09. The molecule has 0 saturated carbocycles. The number of methoxy groups -OCH3 is 1. The molecule has 0 aliphatic heterocycles. The topological polar surface area (TPSA) is 69.2 Å². The van der Waals surface area contributed by atoms with Crippen molar-refractivity contribution in [2.24, 2.45) is 5.16 Å². The average molecular weight is 377 g/mol. The Morgan fingerprint density at radius 2 is 2.04 bits per heavy atom. The largest absolute Gasteiger partial charge is 0.493 e. The summed E-state index contributed by atoms with van der Waals surface area (Å²) in [5.74, 6) is 0.931. The summed E-state index contributed by atoms with van der Waals surface area (Å²) in [5, 5.41) is 7.08. The van der Waals surface area contributed by atoms with E-state index in [1.165, 1.54) is 6.21 Å². The first kappa shape index (κ1) is 19.6. The van der Waals surface area contributed by atoms with Crippen LogP contribution in [-0.4, -0.2) is 32.4 Å². The zero-order valence-electron chi connectivity index (χ0n) is 14.9. The monoisotopic (exact) mass is 376 g/mol. The number of carbonyl (C=O) groups is 1. The van der Waals surface area contributed by atoms with Gasteiger partial charge in [0.05, 0.1) is 19.9 Å². The summed E-state index contributed by atoms with van der Waals surface area (Å²) in [6.07, 6.45) is 1.49. The predicted molar refractivity (Wildman–Crippen MR) is 103 cm³/mol. The third-order valence-corrected chi connectivity index (χ3v) is 3.82. The van der Waals surface area contributed by atoms with Gasteiger partial charge in [-0.3, -0.25) is 4.79 Å². The van der Waals surface area contributed by atoms with Crippen LogP contribution in [0.15, 0.2) is 41.6 Å². The Bertz CT molecular complexity index is 793. The van der Waals surface area contributed by atoms with E-state index >= 15 is 0 Å². The van der Waals surface area contributed by atoms with Crippen LogP contribution in [0.2, 0.25) is 5.02 Å². The minimum absolute atomic E-state index is 0.212. The number of carbonyl (C=O) groups excluding carboxylic acids is 1. The molecule has 0 spiro atoms. The van der Waals surface area contributed by atoms with Crippen LogP contribution in [0.25, 0.3) is 0 Å². The van der Waals surface area contributed by atoms with Gasteiger partial charge in [0.15, 0.2) is 18.1 Å². The third kappa shape index (κ3) is 5.67. The van der Waals surface area contributed by atoms with E-state index in [2.05, 4.69) is 10.5 Å². The molecule has 0 aromatic heterocycles. The number of nitrogens with one attached hydrogen (secondary N) is 1. The van der Waals surface area contributed by atoms with Gasteiger partial charge < -0.3 is 19.6 Å². The van der Waals surface area contributed by atoms with Gasteiger partial charge in [0, 0.05) is 16.3 Å². The van der Waals surface area contributed by atoms with E-state index in [0.29, 0.717) is 28.8 Å². The highest BCUT2D eigenvalue weighted by atomic mass is 35.5. The summed E-state index contributed by atoms with van der Waals surface area (Å²) in [5.41, 5.74) is 2.31. The van der Waals surface area contributed by atoms with Crippen LogP contribution in [0.3, 0.4) is 0 Å². The van der Waals surface area contributed by atoms with Crippen molar-refractivity contribution in [2.45, 2.75) is 13.8 Å². The van der Waals surface area contributed by atoms with E-state index in [-0.39, 0.29) is 12.5 Å². The van der Waals surface area contributed by atoms with Crippen molar-refractivity contribution in [3.63, 3.8) is 0 Å². The fraction of sp³-hybridized carbons (Fsp3) is 0.263. The fourth-order valence-corrected chi connectivity index (χ4v) is 2.28. The first-order chi connectivity index (χ1) is 12.5. The van der Waals surface area contributed by atoms with E-state index < -0.39 is 0 Å². The number of ether oxygens (including phenoxy) is 2. The summed E-state index contributed by atoms with van der Waals surface area (Å²) in [6.45, 7) is 4.13. The molecule has 0 atom stereocenters. The van der Waals surface area contributed by atoms with Crippen molar-refractivity contribution < 1.29 is 19.1 Å². The van der Waals surface area contributed by atoms with E-state index in [4.69, 9.17) is 25.9 Å². The number of hydrogen-bond donors (Lipinski definition) is 1. The molecule has 1 N–H and O–H groups in total. The first-order valence-electron chi connectivity index (χ1n) is 8.05. The number of halogens is 1. The Kier molecular flexibility index (Phi) is 7.29. The second-order valence-electron chi connectivity index (χ2n) is 5.36. The molecule has 0 radical (unpaired) electrons. The number of amides is 1. The highest BCUT2D eigenvalue weighted by molar-refractivity contribution is 6.31. The molecule has 0 heterocycles. The Morgan fingerprint density at radius 3 is 2.73 bits per heavy atom. The molecule has 0 aliphatic carbocycles. The molecule has 138 valence electrons. The highest BCUT2D eigenvalue weighted by Gasteiger charge is 2.06. The maximum atomic E-state index is 11.8. The first-order valence-corrected chi connectivity index (χ1v) is 8.43. The lowest BCUT2D eigenvalue weighted by atomic mass is 10.2. The van der Waals surface area contributed by atoms with Gasteiger partial charge in [0.1, 0.15) is 0 Å². The zero-order valence-corrected chi connectivity index (χ0v) is 15.7. The van der Waals surface area contributed by atoms with Gasteiger partial charge >= 0.3 is 0 Å². The maximum Gasteiger partial charge on any atom is 0.265 e. The van der Waals surface area contributed by atoms with Gasteiger partial charge in [-0.25, -0.2) is 0 Å². The number of hydrogen-bond acceptors (Lipinski definition) is 5. The second-order valence-corrected chi connectivity index (χ2v) is 5.77. The molecule has 2 rings (SSSR count). The van der Waals surface area contributed by atoms with Crippen LogP contribution in [0.4, 0.5) is 5.69 Å². The molecule has 6 nitrogen and oxygen atoms in total. The van der Waals surface area contributed by atoms with Crippen molar-refractivity contribution in [1.29, 1.82) is 0 Å². The van der Waals surface area contributed by atoms with Gasteiger partial charge in [-0.15, -0.1) is 0 Å². The van der Waals surface area contributed by atoms with Crippen LogP contribution >= 0.6 is 11.6 Å². The predicted octanol–water partition coefficient (Wildman–Crippen LogP) is 4.04. The summed E-state index contributed by atoms with van der Waals surface area (Å²) in [6, 6.07) is 10.7. The molecule has 0 saturated heterocycles. The molecular formula is C19H21ClN2O4. The van der Waals surface area contributed by atoms with Crippen molar-refractivity contribution in [1.82, 2.24) is 0 Å². The minimum atomic E-state index is -0.327. The van der Waals surface area contributed by atoms with E-state index in [1.807, 2.05) is 26.0 Å². The van der Waals surface area contributed by atoms with Gasteiger partial charge in [0.25, 0.3) is 5.91 Å². The van der Waals surface area contributed by atoms with Crippen molar-refractivity contribution in [3.8, 4) is 11.5 Å². The highest BCUT2D eigenvalue weighted by Crippen LogP contribution is 2.27. The summed E-state index contributed by atoms with van der Waals surface area (Å²) in [4.78, 5) is 16.9. The van der Waals surface area contributed by atoms with Gasteiger partial charge in [-0.2, -0.15) is 0 Å². The van der Waals surface area contributed by atoms with Crippen LogP contribution < -0.4 is 14.8 Å². The van der Waals surface area contributed by atoms with Gasteiger partial charge in [-0.05, 0) is 49.7 Å². The van der Waals surface area contributed by atoms with E-state index in [9.17, 15) is 4.79 Å². The number of benzene rings is 2. The molecule has 0 fully saturated rings. The molecule has 1 amide bonds. The molecule has 7 heteroatoms. The van der Waals surface area contributed by atoms with Crippen molar-refractivity contribution in [3.05, 3.63) is 52.5 Å². The Labute approximate surface area is 157 Å². The molecule has 0 unspecified atom stereocenters. The van der Waals surface area contributed by atoms with Gasteiger partial charge in [0.2, 0.25) is 0 Å². The average Bonchev–Trinajstić information content (AvgIpc) is 2.63. The van der Waals surface area contributed by atoms with E-state index in [1.54, 1.807) is 31.4 Å². The second kappa shape index (κ2) is 9.68. The SMILES string of the molecule is CCOc1ccc(/C=N\OCC(=O)Nc2ccc(C)c(Cl)c2)cc1OC. The number of oxime groups is 1. The zero-order chi connectivity index (χ0) is 18.9. The molecule has 26 heavy (non-hydrogen) atoms. The Hall–Kier alpha value is -2.73. The lowest BCUT2D eigenvalue weighted by molar-refractivity contribution is -0.120. The normalized spacial score (nSPS) is 10.6. The minimum Gasteiger partial charge on any atom is -0.493 e. The molecule has 2 aromatic carbocycles. The summed E-state index contributed by atoms with van der Waals surface area (Å²) >= 11 is 6.02. The van der Waals surface area contributed by atoms with E-state index in [0.717, 1.165) is 11.1 Å². The van der Waals surface area contributed by atoms with Crippen molar-refractivity contribution in [2.75, 3.05) is 25.6 Å². The fourth-order valence-electron chi connectivity index (χ4n) is 2.10. The summed E-state index contributed by atoms with van der Waals surface area (Å²) < 4.78 is 10.7. The maximum absolute atomic E-state index is 11.8. The standard InChI is InChI=1S/C19H21ClN2O4/c1-4-25-17-8-6-14(9-18(17)24-3)11-21-26-12-19(23)22-15-7-5-13(2)16(20)10-15/h5-11H,4,12H2,1-3H3,(H,22,23)/b21-11-. The summed E-state index contributed by atoms with van der Waals surface area (Å²) in [7, 11) is 1.57. The van der Waals surface area contributed by atoms with Crippen LogP contribution in [0, 0.1) is 6.92 Å². The van der Waals surface area contributed by atoms with Crippen molar-refractivity contribution >= 4 is 29.4 Å². The third-order valence-electron chi connectivity index (χ3n) is 3.42. The number of rotatable bonds is 8. The quantitative estimate of drug-likeness (QED) is 0.557. The Balaban J connectivity index is 1.86. The molecule has 2 aromatic rings. The van der Waals surface area contributed by atoms with Crippen LogP contribution in [0.5, 0.6) is 11.5 Å². The Morgan fingerprint density at radius 1 is 1.23 bits per heavy atom. The number of aryl methyl sites for hydroxylation is 1. The molecular weight excluding hydrogens is 356 g/mol. The number of anilines is 1. The number of nitrogens with zero attached hydrogens (tertiary/aromatic N) is 1. The van der Waals surface area contributed by atoms with Crippen LogP contribution in [-0.2, 0) is 9.63 Å². The van der Waals surface area contributed by atoms with Crippen LogP contribution in [0.1, 0.15) is 18.1 Å². The lowest BCUT2D eigenvalue weighted by Crippen LogP contribution is -2.17. The smallest absolute Gasteiger partial charge is 0.265 e.